The van der Waals surface area contributed by atoms with Crippen molar-refractivity contribution >= 4 is 34.4 Å². The summed E-state index contributed by atoms with van der Waals surface area (Å²) in [7, 11) is 0. The number of hydrogen-bond acceptors (Lipinski definition) is 6. The predicted molar refractivity (Wildman–Crippen MR) is 133 cm³/mol. The molecule has 0 aliphatic heterocycles. The number of fused-ring (bicyclic) bond motifs is 1. The Morgan fingerprint density at radius 3 is 2.74 bits per heavy atom. The number of nitro groups is 1. The Balaban J connectivity index is 1.79. The normalized spacial score (nSPS) is 15.6. The van der Waals surface area contributed by atoms with E-state index in [1.165, 1.54) is 23.4 Å². The molecule has 178 valence electrons. The molecule has 1 atom stereocenters. The highest BCUT2D eigenvalue weighted by Crippen LogP contribution is 2.37. The Bertz CT molecular complexity index is 1300. The average molecular weight is 483 g/mol. The Morgan fingerprint density at radius 1 is 1.29 bits per heavy atom. The SMILES string of the molecule is CC[C@@H](C)Oc1c(Cl)cc(C=Nn2c(C3CCCCC3)nc3ccccc3c2=O)cc1[N+](=O)[O-]. The molecule has 1 fully saturated rings. The van der Waals surface area contributed by atoms with Crippen LogP contribution in [-0.2, 0) is 0 Å². The Hall–Kier alpha value is -3.26. The smallest absolute Gasteiger partial charge is 0.313 e. The van der Waals surface area contributed by atoms with Crippen LogP contribution in [-0.4, -0.2) is 26.9 Å². The van der Waals surface area contributed by atoms with Gasteiger partial charge in [-0.25, -0.2) is 4.98 Å². The number of aromatic nitrogens is 2. The zero-order valence-electron chi connectivity index (χ0n) is 19.2. The van der Waals surface area contributed by atoms with Crippen LogP contribution < -0.4 is 10.3 Å². The van der Waals surface area contributed by atoms with Gasteiger partial charge in [-0.3, -0.25) is 14.9 Å². The summed E-state index contributed by atoms with van der Waals surface area (Å²) in [6.07, 6.45) is 7.08. The molecule has 34 heavy (non-hydrogen) atoms. The maximum absolute atomic E-state index is 13.3. The van der Waals surface area contributed by atoms with E-state index < -0.39 is 4.92 Å². The van der Waals surface area contributed by atoms with Crippen LogP contribution in [0.3, 0.4) is 0 Å². The minimum atomic E-state index is -0.530. The molecule has 0 amide bonds. The van der Waals surface area contributed by atoms with Crippen molar-refractivity contribution in [2.45, 2.75) is 64.4 Å². The van der Waals surface area contributed by atoms with Crippen LogP contribution in [0.2, 0.25) is 5.02 Å². The van der Waals surface area contributed by atoms with Gasteiger partial charge < -0.3 is 4.74 Å². The van der Waals surface area contributed by atoms with E-state index in [1.54, 1.807) is 18.2 Å². The van der Waals surface area contributed by atoms with Gasteiger partial charge in [0.15, 0.2) is 0 Å². The Kier molecular flexibility index (Phi) is 7.26. The van der Waals surface area contributed by atoms with Crippen molar-refractivity contribution in [2.24, 2.45) is 5.10 Å². The molecule has 0 radical (unpaired) electrons. The van der Waals surface area contributed by atoms with Crippen molar-refractivity contribution in [1.82, 2.24) is 9.66 Å². The molecule has 1 aliphatic carbocycles. The van der Waals surface area contributed by atoms with Crippen LogP contribution in [0.25, 0.3) is 10.9 Å². The van der Waals surface area contributed by atoms with Crippen LogP contribution in [0.5, 0.6) is 5.75 Å². The molecule has 1 aromatic heterocycles. The zero-order chi connectivity index (χ0) is 24.2. The van der Waals surface area contributed by atoms with Crippen LogP contribution in [0.4, 0.5) is 5.69 Å². The molecule has 0 unspecified atom stereocenters. The summed E-state index contributed by atoms with van der Waals surface area (Å²) in [6, 6.07) is 10.1. The van der Waals surface area contributed by atoms with E-state index in [0.29, 0.717) is 28.7 Å². The fourth-order valence-electron chi connectivity index (χ4n) is 4.21. The maximum Gasteiger partial charge on any atom is 0.313 e. The number of rotatable bonds is 7. The van der Waals surface area contributed by atoms with Crippen molar-refractivity contribution in [3.63, 3.8) is 0 Å². The molecular weight excluding hydrogens is 456 g/mol. The van der Waals surface area contributed by atoms with Gasteiger partial charge in [0.2, 0.25) is 5.75 Å². The molecule has 0 N–H and O–H groups in total. The number of nitrogens with zero attached hydrogens (tertiary/aromatic N) is 4. The molecule has 8 nitrogen and oxygen atoms in total. The number of ether oxygens (including phenoxy) is 1. The molecule has 1 aliphatic rings. The van der Waals surface area contributed by atoms with Crippen molar-refractivity contribution in [2.75, 3.05) is 0 Å². The Morgan fingerprint density at radius 2 is 2.03 bits per heavy atom. The fraction of sp³-hybridized carbons (Fsp3) is 0.400. The van der Waals surface area contributed by atoms with Crippen LogP contribution >= 0.6 is 11.6 Å². The lowest BCUT2D eigenvalue weighted by molar-refractivity contribution is -0.386. The van der Waals surface area contributed by atoms with E-state index in [9.17, 15) is 14.9 Å². The summed E-state index contributed by atoms with van der Waals surface area (Å²) in [4.78, 5) is 29.3. The number of halogens is 1. The monoisotopic (exact) mass is 482 g/mol. The molecule has 1 saturated carbocycles. The van der Waals surface area contributed by atoms with E-state index in [1.807, 2.05) is 26.0 Å². The van der Waals surface area contributed by atoms with Gasteiger partial charge in [0.1, 0.15) is 5.82 Å². The molecule has 1 heterocycles. The average Bonchev–Trinajstić information content (AvgIpc) is 2.85. The van der Waals surface area contributed by atoms with Gasteiger partial charge in [0, 0.05) is 17.5 Å². The van der Waals surface area contributed by atoms with Gasteiger partial charge in [-0.2, -0.15) is 9.78 Å². The van der Waals surface area contributed by atoms with Crippen LogP contribution in [0.1, 0.15) is 69.7 Å². The number of nitro benzene ring substituents is 1. The molecular formula is C25H27ClN4O4. The minimum Gasteiger partial charge on any atom is -0.483 e. The van der Waals surface area contributed by atoms with Gasteiger partial charge >= 0.3 is 5.69 Å². The van der Waals surface area contributed by atoms with Crippen molar-refractivity contribution < 1.29 is 9.66 Å². The summed E-state index contributed by atoms with van der Waals surface area (Å²) in [5.41, 5.74) is 0.526. The first-order valence-corrected chi connectivity index (χ1v) is 12.0. The highest BCUT2D eigenvalue weighted by atomic mass is 35.5. The Labute approximate surface area is 202 Å². The molecule has 0 saturated heterocycles. The van der Waals surface area contributed by atoms with Crippen molar-refractivity contribution in [3.05, 3.63) is 73.3 Å². The first kappa shape index (κ1) is 23.9. The summed E-state index contributed by atoms with van der Waals surface area (Å²) < 4.78 is 7.02. The highest BCUT2D eigenvalue weighted by Gasteiger charge is 2.24. The maximum atomic E-state index is 13.3. The van der Waals surface area contributed by atoms with E-state index in [2.05, 4.69) is 5.10 Å². The third-order valence-electron chi connectivity index (χ3n) is 6.21. The van der Waals surface area contributed by atoms with Crippen molar-refractivity contribution in [1.29, 1.82) is 0 Å². The second-order valence-corrected chi connectivity index (χ2v) is 9.04. The lowest BCUT2D eigenvalue weighted by Crippen LogP contribution is -2.25. The third-order valence-corrected chi connectivity index (χ3v) is 6.49. The molecule has 3 aromatic rings. The molecule has 9 heteroatoms. The van der Waals surface area contributed by atoms with Gasteiger partial charge in [-0.05, 0) is 44.4 Å². The van der Waals surface area contributed by atoms with E-state index in [0.717, 1.165) is 25.7 Å². The number of benzene rings is 2. The fourth-order valence-corrected chi connectivity index (χ4v) is 4.48. The summed E-state index contributed by atoms with van der Waals surface area (Å²) >= 11 is 6.35. The topological polar surface area (TPSA) is 99.6 Å². The summed E-state index contributed by atoms with van der Waals surface area (Å²) in [5.74, 6) is 0.787. The van der Waals surface area contributed by atoms with Gasteiger partial charge in [-0.15, -0.1) is 0 Å². The van der Waals surface area contributed by atoms with Crippen molar-refractivity contribution in [3.8, 4) is 5.75 Å². The minimum absolute atomic E-state index is 0.0330. The standard InChI is InChI=1S/C25H27ClN4O4/c1-3-16(2)34-23-20(26)13-17(14-22(23)30(32)33)15-27-29-24(18-9-5-4-6-10-18)28-21-12-8-7-11-19(21)25(29)31/h7-8,11-16,18H,3-6,9-10H2,1-2H3/t16-/m1/s1. The first-order chi connectivity index (χ1) is 16.4. The molecule has 0 spiro atoms. The van der Waals surface area contributed by atoms with Crippen LogP contribution in [0.15, 0.2) is 46.3 Å². The third kappa shape index (κ3) is 4.97. The van der Waals surface area contributed by atoms with E-state index >= 15 is 0 Å². The summed E-state index contributed by atoms with van der Waals surface area (Å²) in [5, 5.41) is 16.7. The second-order valence-electron chi connectivity index (χ2n) is 8.63. The van der Waals surface area contributed by atoms with Crippen LogP contribution in [0, 0.1) is 10.1 Å². The highest BCUT2D eigenvalue weighted by molar-refractivity contribution is 6.32. The van der Waals surface area contributed by atoms with Gasteiger partial charge in [0.05, 0.1) is 33.2 Å². The van der Waals surface area contributed by atoms with E-state index in [4.69, 9.17) is 21.3 Å². The lowest BCUT2D eigenvalue weighted by Gasteiger charge is -2.22. The second kappa shape index (κ2) is 10.3. The number of para-hydroxylation sites is 1. The van der Waals surface area contributed by atoms with E-state index in [-0.39, 0.29) is 34.0 Å². The van der Waals surface area contributed by atoms with Gasteiger partial charge in [0.25, 0.3) is 5.56 Å². The quantitative estimate of drug-likeness (QED) is 0.231. The molecule has 0 bridgehead atoms. The number of hydrogen-bond donors (Lipinski definition) is 0. The lowest BCUT2D eigenvalue weighted by atomic mass is 9.88. The zero-order valence-corrected chi connectivity index (χ0v) is 20.0. The molecule has 4 rings (SSSR count). The largest absolute Gasteiger partial charge is 0.483 e. The first-order valence-electron chi connectivity index (χ1n) is 11.6. The predicted octanol–water partition coefficient (Wildman–Crippen LogP) is 6.07. The summed E-state index contributed by atoms with van der Waals surface area (Å²) in [6.45, 7) is 3.74. The van der Waals surface area contributed by atoms with Gasteiger partial charge in [-0.1, -0.05) is 49.9 Å². The molecule has 2 aromatic carbocycles.